The second-order valence-corrected chi connectivity index (χ2v) is 6.37. The Morgan fingerprint density at radius 2 is 1.72 bits per heavy atom. The van der Waals surface area contributed by atoms with Crippen molar-refractivity contribution in [1.82, 2.24) is 14.8 Å². The Morgan fingerprint density at radius 1 is 0.960 bits per heavy atom. The van der Waals surface area contributed by atoms with Crippen LogP contribution in [0.15, 0.2) is 54.9 Å². The molecule has 3 rings (SSSR count). The van der Waals surface area contributed by atoms with Gasteiger partial charge in [-0.1, -0.05) is 37.8 Å². The van der Waals surface area contributed by atoms with Gasteiger partial charge in [-0.2, -0.15) is 0 Å². The van der Waals surface area contributed by atoms with Gasteiger partial charge < -0.3 is 4.74 Å². The molecule has 0 radical (unpaired) electrons. The summed E-state index contributed by atoms with van der Waals surface area (Å²) in [6.07, 6.45) is 6.54. The second-order valence-electron chi connectivity index (χ2n) is 5.93. The molecule has 1 aromatic heterocycles. The van der Waals surface area contributed by atoms with Gasteiger partial charge in [-0.15, -0.1) is 10.2 Å². The van der Waals surface area contributed by atoms with Crippen molar-refractivity contribution in [1.29, 1.82) is 0 Å². The highest BCUT2D eigenvalue weighted by atomic mass is 35.5. The molecule has 0 aliphatic rings. The van der Waals surface area contributed by atoms with E-state index in [1.165, 1.54) is 19.3 Å². The fraction of sp³-hybridized carbons (Fsp3) is 0.300. The summed E-state index contributed by atoms with van der Waals surface area (Å²) < 4.78 is 7.75. The van der Waals surface area contributed by atoms with Crippen LogP contribution in [0.1, 0.15) is 32.6 Å². The van der Waals surface area contributed by atoms with Gasteiger partial charge in [0.2, 0.25) is 0 Å². The molecule has 130 valence electrons. The zero-order valence-electron chi connectivity index (χ0n) is 14.4. The van der Waals surface area contributed by atoms with Crippen LogP contribution in [0.4, 0.5) is 0 Å². The smallest absolute Gasteiger partial charge is 0.168 e. The second kappa shape index (κ2) is 8.67. The van der Waals surface area contributed by atoms with E-state index in [-0.39, 0.29) is 0 Å². The first-order chi connectivity index (χ1) is 12.3. The lowest BCUT2D eigenvalue weighted by atomic mass is 10.2. The minimum absolute atomic E-state index is 0.704. The number of benzene rings is 2. The first kappa shape index (κ1) is 17.5. The average Bonchev–Trinajstić information content (AvgIpc) is 3.12. The first-order valence-electron chi connectivity index (χ1n) is 8.67. The van der Waals surface area contributed by atoms with Crippen molar-refractivity contribution in [2.75, 3.05) is 6.61 Å². The van der Waals surface area contributed by atoms with E-state index in [9.17, 15) is 0 Å². The number of hydrogen-bond donors (Lipinski definition) is 0. The number of halogens is 1. The van der Waals surface area contributed by atoms with E-state index in [4.69, 9.17) is 16.3 Å². The molecule has 0 aliphatic heterocycles. The Labute approximate surface area is 153 Å². The van der Waals surface area contributed by atoms with Crippen LogP contribution >= 0.6 is 11.6 Å². The highest BCUT2D eigenvalue weighted by molar-refractivity contribution is 6.30. The lowest BCUT2D eigenvalue weighted by molar-refractivity contribution is 0.305. The number of hydrogen-bond acceptors (Lipinski definition) is 3. The maximum Gasteiger partial charge on any atom is 0.168 e. The van der Waals surface area contributed by atoms with Gasteiger partial charge in [0.25, 0.3) is 0 Å². The lowest BCUT2D eigenvalue weighted by Gasteiger charge is -2.09. The Morgan fingerprint density at radius 3 is 2.44 bits per heavy atom. The zero-order chi connectivity index (χ0) is 17.5. The van der Waals surface area contributed by atoms with Gasteiger partial charge in [0.1, 0.15) is 12.1 Å². The molecule has 5 heteroatoms. The van der Waals surface area contributed by atoms with Gasteiger partial charge in [0.15, 0.2) is 5.82 Å². The fourth-order valence-electron chi connectivity index (χ4n) is 2.64. The highest BCUT2D eigenvalue weighted by Crippen LogP contribution is 2.23. The largest absolute Gasteiger partial charge is 0.494 e. The van der Waals surface area contributed by atoms with Gasteiger partial charge in [-0.05, 0) is 55.0 Å². The molecule has 0 saturated heterocycles. The highest BCUT2D eigenvalue weighted by Gasteiger charge is 2.09. The van der Waals surface area contributed by atoms with Gasteiger partial charge >= 0.3 is 0 Å². The summed E-state index contributed by atoms with van der Waals surface area (Å²) in [7, 11) is 0. The summed E-state index contributed by atoms with van der Waals surface area (Å²) in [4.78, 5) is 0. The molecular weight excluding hydrogens is 334 g/mol. The van der Waals surface area contributed by atoms with E-state index >= 15 is 0 Å². The molecule has 2 aromatic carbocycles. The lowest BCUT2D eigenvalue weighted by Crippen LogP contribution is -1.99. The Hall–Kier alpha value is -2.33. The molecule has 0 fully saturated rings. The van der Waals surface area contributed by atoms with Crippen molar-refractivity contribution >= 4 is 11.6 Å². The molecule has 25 heavy (non-hydrogen) atoms. The van der Waals surface area contributed by atoms with E-state index < -0.39 is 0 Å². The number of nitrogens with zero attached hydrogens (tertiary/aromatic N) is 3. The molecule has 0 bridgehead atoms. The molecule has 0 amide bonds. The van der Waals surface area contributed by atoms with E-state index in [2.05, 4.69) is 17.1 Å². The quantitative estimate of drug-likeness (QED) is 0.497. The molecule has 0 N–H and O–H groups in total. The summed E-state index contributed by atoms with van der Waals surface area (Å²) in [5.74, 6) is 1.67. The van der Waals surface area contributed by atoms with Crippen LogP contribution in [0.2, 0.25) is 5.02 Å². The number of rotatable bonds is 8. The molecule has 0 spiro atoms. The van der Waals surface area contributed by atoms with Gasteiger partial charge in [-0.25, -0.2) is 0 Å². The van der Waals surface area contributed by atoms with Crippen LogP contribution < -0.4 is 4.74 Å². The van der Waals surface area contributed by atoms with Crippen molar-refractivity contribution in [2.24, 2.45) is 0 Å². The summed E-state index contributed by atoms with van der Waals surface area (Å²) >= 11 is 5.96. The predicted molar refractivity (Wildman–Crippen MR) is 101 cm³/mol. The third-order valence-corrected chi connectivity index (χ3v) is 4.28. The average molecular weight is 356 g/mol. The molecular formula is C20H22ClN3O. The minimum atomic E-state index is 0.704. The van der Waals surface area contributed by atoms with Crippen LogP contribution in [0.3, 0.4) is 0 Å². The molecule has 4 nitrogen and oxygen atoms in total. The molecule has 0 unspecified atom stereocenters. The van der Waals surface area contributed by atoms with Gasteiger partial charge in [0, 0.05) is 16.3 Å². The van der Waals surface area contributed by atoms with Crippen molar-refractivity contribution in [3.63, 3.8) is 0 Å². The van der Waals surface area contributed by atoms with Crippen molar-refractivity contribution in [2.45, 2.75) is 32.6 Å². The molecule has 0 saturated carbocycles. The maximum atomic E-state index is 5.96. The summed E-state index contributed by atoms with van der Waals surface area (Å²) in [5.41, 5.74) is 1.96. The predicted octanol–water partition coefficient (Wildman–Crippen LogP) is 5.55. The number of aromatic nitrogens is 3. The van der Waals surface area contributed by atoms with E-state index in [1.54, 1.807) is 6.33 Å². The van der Waals surface area contributed by atoms with Crippen molar-refractivity contribution in [3.05, 3.63) is 59.9 Å². The van der Waals surface area contributed by atoms with Crippen LogP contribution in [0.25, 0.3) is 17.1 Å². The fourth-order valence-corrected chi connectivity index (χ4v) is 2.77. The van der Waals surface area contributed by atoms with Crippen LogP contribution in [0, 0.1) is 0 Å². The summed E-state index contributed by atoms with van der Waals surface area (Å²) in [5, 5.41) is 8.98. The minimum Gasteiger partial charge on any atom is -0.494 e. The topological polar surface area (TPSA) is 39.9 Å². The normalized spacial score (nSPS) is 10.8. The van der Waals surface area contributed by atoms with E-state index in [0.717, 1.165) is 35.9 Å². The Balaban J connectivity index is 1.69. The molecule has 0 aliphatic carbocycles. The molecule has 1 heterocycles. The third-order valence-electron chi connectivity index (χ3n) is 4.03. The van der Waals surface area contributed by atoms with Crippen LogP contribution in [-0.2, 0) is 0 Å². The standard InChI is InChI=1S/C20H22ClN3O/c1-2-3-4-5-14-25-19-12-10-18(11-13-19)24-15-22-23-20(24)16-6-8-17(21)9-7-16/h6-13,15H,2-5,14H2,1H3. The maximum absolute atomic E-state index is 5.96. The Kier molecular flexibility index (Phi) is 6.07. The molecule has 3 aromatic rings. The Bertz CT molecular complexity index is 781. The monoisotopic (exact) mass is 355 g/mol. The van der Waals surface area contributed by atoms with E-state index in [0.29, 0.717) is 5.02 Å². The van der Waals surface area contributed by atoms with Gasteiger partial charge in [0.05, 0.1) is 6.61 Å². The van der Waals surface area contributed by atoms with Crippen molar-refractivity contribution < 1.29 is 4.74 Å². The third kappa shape index (κ3) is 4.60. The summed E-state index contributed by atoms with van der Waals surface area (Å²) in [6, 6.07) is 15.6. The van der Waals surface area contributed by atoms with Gasteiger partial charge in [-0.3, -0.25) is 4.57 Å². The first-order valence-corrected chi connectivity index (χ1v) is 9.05. The van der Waals surface area contributed by atoms with Crippen LogP contribution in [0.5, 0.6) is 5.75 Å². The summed E-state index contributed by atoms with van der Waals surface area (Å²) in [6.45, 7) is 2.98. The van der Waals surface area contributed by atoms with Crippen LogP contribution in [-0.4, -0.2) is 21.4 Å². The van der Waals surface area contributed by atoms with E-state index in [1.807, 2.05) is 53.1 Å². The number of unbranched alkanes of at least 4 members (excludes halogenated alkanes) is 3. The number of ether oxygens (including phenoxy) is 1. The van der Waals surface area contributed by atoms with Crippen molar-refractivity contribution in [3.8, 4) is 22.8 Å². The SMILES string of the molecule is CCCCCCOc1ccc(-n2cnnc2-c2ccc(Cl)cc2)cc1. The zero-order valence-corrected chi connectivity index (χ0v) is 15.1. The molecule has 0 atom stereocenters.